The number of carbonyl (C=O) groups is 2. The van der Waals surface area contributed by atoms with Gasteiger partial charge in [-0.05, 0) is 38.1 Å². The van der Waals surface area contributed by atoms with Crippen LogP contribution in [0.5, 0.6) is 0 Å². The third-order valence-corrected chi connectivity index (χ3v) is 5.24. The number of benzene rings is 3. The van der Waals surface area contributed by atoms with Gasteiger partial charge < -0.3 is 5.32 Å². The molecule has 30 heavy (non-hydrogen) atoms. The van der Waals surface area contributed by atoms with Gasteiger partial charge in [-0.15, -0.1) is 10.1 Å². The SMILES string of the molecule is Cc1ccc(/C=[N+]2\NC(=O)[C@@H](NC(=O)c3ccc(C)cc3)[C@@H]2c2ccccc2)cc1. The first-order chi connectivity index (χ1) is 14.5. The van der Waals surface area contributed by atoms with Crippen LogP contribution in [0.3, 0.4) is 0 Å². The Kier molecular flexibility index (Phi) is 5.44. The molecule has 2 amide bonds. The minimum atomic E-state index is -0.720. The van der Waals surface area contributed by atoms with Gasteiger partial charge in [0.25, 0.3) is 5.91 Å². The van der Waals surface area contributed by atoms with E-state index in [0.717, 1.165) is 16.7 Å². The Morgan fingerprint density at radius 1 is 0.900 bits per heavy atom. The quantitative estimate of drug-likeness (QED) is 0.663. The van der Waals surface area contributed by atoms with Crippen molar-refractivity contribution in [1.29, 1.82) is 0 Å². The summed E-state index contributed by atoms with van der Waals surface area (Å²) in [6.45, 7) is 4.00. The summed E-state index contributed by atoms with van der Waals surface area (Å²) in [6, 6.07) is 24.0. The molecule has 3 aromatic carbocycles. The van der Waals surface area contributed by atoms with Gasteiger partial charge in [0.05, 0.1) is 0 Å². The largest absolute Gasteiger partial charge is 0.334 e. The molecule has 150 valence electrons. The molecule has 5 heteroatoms. The average molecular weight is 398 g/mol. The van der Waals surface area contributed by atoms with Crippen molar-refractivity contribution in [3.05, 3.63) is 107 Å². The van der Waals surface area contributed by atoms with Crippen molar-refractivity contribution >= 4 is 18.0 Å². The number of hydrazone groups is 1. The van der Waals surface area contributed by atoms with Crippen LogP contribution in [0.2, 0.25) is 0 Å². The van der Waals surface area contributed by atoms with Gasteiger partial charge in [-0.3, -0.25) is 9.59 Å². The van der Waals surface area contributed by atoms with E-state index in [4.69, 9.17) is 0 Å². The molecule has 0 radical (unpaired) electrons. The lowest BCUT2D eigenvalue weighted by Crippen LogP contribution is -2.42. The molecule has 0 aliphatic carbocycles. The second-order valence-electron chi connectivity index (χ2n) is 7.60. The first-order valence-corrected chi connectivity index (χ1v) is 9.94. The summed E-state index contributed by atoms with van der Waals surface area (Å²) >= 11 is 0. The van der Waals surface area contributed by atoms with Crippen molar-refractivity contribution in [3.63, 3.8) is 0 Å². The molecule has 1 heterocycles. The fraction of sp³-hybridized carbons (Fsp3) is 0.160. The lowest BCUT2D eigenvalue weighted by atomic mass is 9.99. The first kappa shape index (κ1) is 19.6. The van der Waals surface area contributed by atoms with E-state index in [-0.39, 0.29) is 17.9 Å². The maximum atomic E-state index is 12.8. The lowest BCUT2D eigenvalue weighted by molar-refractivity contribution is -0.596. The van der Waals surface area contributed by atoms with E-state index >= 15 is 0 Å². The Labute approximate surface area is 176 Å². The third kappa shape index (κ3) is 4.15. The zero-order chi connectivity index (χ0) is 21.1. The normalized spacial score (nSPS) is 19.5. The number of hydrazine groups is 1. The van der Waals surface area contributed by atoms with E-state index in [9.17, 15) is 9.59 Å². The molecular weight excluding hydrogens is 374 g/mol. The molecule has 2 atom stereocenters. The number of hydrogen-bond acceptors (Lipinski definition) is 2. The van der Waals surface area contributed by atoms with Crippen LogP contribution in [0.1, 0.15) is 38.7 Å². The Bertz CT molecular complexity index is 1090. The molecule has 3 aromatic rings. The molecule has 1 saturated heterocycles. The van der Waals surface area contributed by atoms with Crippen LogP contribution in [0, 0.1) is 13.8 Å². The number of rotatable bonds is 4. The minimum Gasteiger partial charge on any atom is -0.334 e. The molecule has 2 N–H and O–H groups in total. The zero-order valence-corrected chi connectivity index (χ0v) is 17.0. The Morgan fingerprint density at radius 2 is 1.50 bits per heavy atom. The van der Waals surface area contributed by atoms with Crippen molar-refractivity contribution in [1.82, 2.24) is 10.7 Å². The van der Waals surface area contributed by atoms with Crippen molar-refractivity contribution < 1.29 is 14.3 Å². The van der Waals surface area contributed by atoms with Gasteiger partial charge in [0.2, 0.25) is 12.3 Å². The van der Waals surface area contributed by atoms with Crippen LogP contribution in [0.4, 0.5) is 0 Å². The summed E-state index contributed by atoms with van der Waals surface area (Å²) in [5, 5.41) is 2.93. The van der Waals surface area contributed by atoms with Crippen LogP contribution in [-0.4, -0.2) is 28.8 Å². The molecular formula is C25H24N3O2+. The number of nitrogens with zero attached hydrogens (tertiary/aromatic N) is 1. The summed E-state index contributed by atoms with van der Waals surface area (Å²) < 4.78 is 1.78. The molecule has 0 spiro atoms. The van der Waals surface area contributed by atoms with Gasteiger partial charge in [0.15, 0.2) is 6.04 Å². The molecule has 1 aliphatic heterocycles. The molecule has 1 aliphatic rings. The molecule has 5 nitrogen and oxygen atoms in total. The molecule has 0 saturated carbocycles. The second kappa shape index (κ2) is 8.33. The van der Waals surface area contributed by atoms with E-state index in [1.54, 1.807) is 16.8 Å². The predicted octanol–water partition coefficient (Wildman–Crippen LogP) is 3.32. The summed E-state index contributed by atoms with van der Waals surface area (Å²) in [4.78, 5) is 25.7. The predicted molar refractivity (Wildman–Crippen MR) is 116 cm³/mol. The summed E-state index contributed by atoms with van der Waals surface area (Å²) in [5.41, 5.74) is 7.58. The van der Waals surface area contributed by atoms with E-state index in [1.807, 2.05) is 86.8 Å². The minimum absolute atomic E-state index is 0.243. The van der Waals surface area contributed by atoms with Crippen molar-refractivity contribution in [2.45, 2.75) is 25.9 Å². The second-order valence-corrected chi connectivity index (χ2v) is 7.60. The summed E-state index contributed by atoms with van der Waals surface area (Å²) in [6.07, 6.45) is 1.90. The monoisotopic (exact) mass is 398 g/mol. The number of hydrogen-bond donors (Lipinski definition) is 2. The Hall–Kier alpha value is -3.73. The molecule has 0 aromatic heterocycles. The zero-order valence-electron chi connectivity index (χ0n) is 17.0. The number of nitrogens with one attached hydrogen (secondary N) is 2. The van der Waals surface area contributed by atoms with Crippen molar-refractivity contribution in [2.75, 3.05) is 0 Å². The summed E-state index contributed by atoms with van der Waals surface area (Å²) in [5.74, 6) is -0.513. The third-order valence-electron chi connectivity index (χ3n) is 5.24. The number of amides is 2. The van der Waals surface area contributed by atoms with Gasteiger partial charge in [0.1, 0.15) is 0 Å². The Morgan fingerprint density at radius 3 is 2.13 bits per heavy atom. The number of aryl methyl sites for hydroxylation is 2. The molecule has 0 bridgehead atoms. The van der Waals surface area contributed by atoms with Crippen LogP contribution in [-0.2, 0) is 4.79 Å². The van der Waals surface area contributed by atoms with Crippen molar-refractivity contribution in [3.8, 4) is 0 Å². The topological polar surface area (TPSA) is 61.2 Å². The lowest BCUT2D eigenvalue weighted by Gasteiger charge is -2.14. The maximum absolute atomic E-state index is 12.8. The number of carbonyl (C=O) groups excluding carboxylic acids is 2. The average Bonchev–Trinajstić information content (AvgIpc) is 3.05. The highest BCUT2D eigenvalue weighted by molar-refractivity contribution is 5.98. The van der Waals surface area contributed by atoms with Gasteiger partial charge in [-0.2, -0.15) is 0 Å². The highest BCUT2D eigenvalue weighted by atomic mass is 16.2. The molecule has 1 fully saturated rings. The van der Waals surface area contributed by atoms with Gasteiger partial charge in [-0.1, -0.05) is 65.7 Å². The van der Waals surface area contributed by atoms with Crippen LogP contribution in [0.25, 0.3) is 0 Å². The Balaban J connectivity index is 1.68. The first-order valence-electron chi connectivity index (χ1n) is 9.94. The molecule has 0 unspecified atom stereocenters. The van der Waals surface area contributed by atoms with Gasteiger partial charge in [-0.25, -0.2) is 0 Å². The highest BCUT2D eigenvalue weighted by Crippen LogP contribution is 2.25. The summed E-state index contributed by atoms with van der Waals surface area (Å²) in [7, 11) is 0. The van der Waals surface area contributed by atoms with Crippen molar-refractivity contribution in [2.24, 2.45) is 0 Å². The standard InChI is InChI=1S/C25H23N3O2/c1-17-8-12-19(13-9-17)16-28-23(20-6-4-3-5-7-20)22(25(30)27-28)26-24(29)21-14-10-18(2)11-15-21/h3-16,22-23H,1-2H3,(H-,26,27,29,30)/p+1/b28-16-/t22-,23-/m0/s1. The maximum Gasteiger partial charge on any atom is 0.304 e. The molecule has 4 rings (SSSR count). The van der Waals surface area contributed by atoms with Crippen LogP contribution >= 0.6 is 0 Å². The highest BCUT2D eigenvalue weighted by Gasteiger charge is 2.47. The van der Waals surface area contributed by atoms with Gasteiger partial charge in [0, 0.05) is 16.7 Å². The van der Waals surface area contributed by atoms with Crippen LogP contribution in [0.15, 0.2) is 78.9 Å². The van der Waals surface area contributed by atoms with E-state index in [0.29, 0.717) is 5.56 Å². The smallest absolute Gasteiger partial charge is 0.304 e. The van der Waals surface area contributed by atoms with E-state index < -0.39 is 6.04 Å². The fourth-order valence-corrected chi connectivity index (χ4v) is 3.57. The van der Waals surface area contributed by atoms with E-state index in [2.05, 4.69) is 10.7 Å². The van der Waals surface area contributed by atoms with E-state index in [1.165, 1.54) is 5.56 Å². The van der Waals surface area contributed by atoms with Crippen LogP contribution < -0.4 is 10.7 Å². The fourth-order valence-electron chi connectivity index (χ4n) is 3.57. The van der Waals surface area contributed by atoms with Gasteiger partial charge >= 0.3 is 5.91 Å².